The van der Waals surface area contributed by atoms with Gasteiger partial charge in [-0.25, -0.2) is 0 Å². The SMILES string of the molecule is COc1ccccc1NC(=O)COc1ccc2cc(Br)ccc2c1. The summed E-state index contributed by atoms with van der Waals surface area (Å²) in [5.41, 5.74) is 0.622. The Labute approximate surface area is 148 Å². The van der Waals surface area contributed by atoms with Crippen molar-refractivity contribution in [3.63, 3.8) is 0 Å². The maximum Gasteiger partial charge on any atom is 0.262 e. The number of benzene rings is 3. The van der Waals surface area contributed by atoms with Crippen LogP contribution in [0.2, 0.25) is 0 Å². The minimum atomic E-state index is -0.240. The van der Waals surface area contributed by atoms with Gasteiger partial charge in [-0.1, -0.05) is 40.2 Å². The Morgan fingerprint density at radius 2 is 1.79 bits per heavy atom. The molecule has 0 aliphatic carbocycles. The second-order valence-corrected chi connectivity index (χ2v) is 6.11. The minimum absolute atomic E-state index is 0.0694. The molecule has 0 radical (unpaired) electrons. The second-order valence-electron chi connectivity index (χ2n) is 5.19. The molecule has 0 aromatic heterocycles. The highest BCUT2D eigenvalue weighted by atomic mass is 79.9. The quantitative estimate of drug-likeness (QED) is 0.696. The Bertz CT molecular complexity index is 879. The molecule has 3 aromatic carbocycles. The van der Waals surface area contributed by atoms with Crippen LogP contribution in [0, 0.1) is 0 Å². The standard InChI is InChI=1S/C19H16BrNO3/c1-23-18-5-3-2-4-17(18)21-19(22)12-24-16-9-7-13-10-15(20)8-6-14(13)11-16/h2-11H,12H2,1H3,(H,21,22). The van der Waals surface area contributed by atoms with Gasteiger partial charge in [-0.15, -0.1) is 0 Å². The molecule has 1 N–H and O–H groups in total. The van der Waals surface area contributed by atoms with Crippen LogP contribution in [0.5, 0.6) is 11.5 Å². The zero-order chi connectivity index (χ0) is 16.9. The number of rotatable bonds is 5. The van der Waals surface area contributed by atoms with Crippen LogP contribution in [0.3, 0.4) is 0 Å². The van der Waals surface area contributed by atoms with Crippen LogP contribution in [0.15, 0.2) is 65.1 Å². The number of fused-ring (bicyclic) bond motifs is 1. The molecule has 0 aliphatic rings. The van der Waals surface area contributed by atoms with E-state index >= 15 is 0 Å². The molecule has 122 valence electrons. The fraction of sp³-hybridized carbons (Fsp3) is 0.105. The van der Waals surface area contributed by atoms with Crippen LogP contribution in [-0.4, -0.2) is 19.6 Å². The van der Waals surface area contributed by atoms with E-state index in [-0.39, 0.29) is 12.5 Å². The van der Waals surface area contributed by atoms with E-state index < -0.39 is 0 Å². The van der Waals surface area contributed by atoms with E-state index in [4.69, 9.17) is 9.47 Å². The van der Waals surface area contributed by atoms with Crippen molar-refractivity contribution in [1.29, 1.82) is 0 Å². The predicted molar refractivity (Wildman–Crippen MR) is 98.8 cm³/mol. The van der Waals surface area contributed by atoms with E-state index in [0.29, 0.717) is 17.2 Å². The monoisotopic (exact) mass is 385 g/mol. The fourth-order valence-corrected chi connectivity index (χ4v) is 2.75. The van der Waals surface area contributed by atoms with E-state index in [1.807, 2.05) is 48.5 Å². The van der Waals surface area contributed by atoms with E-state index in [0.717, 1.165) is 15.2 Å². The van der Waals surface area contributed by atoms with Gasteiger partial charge in [0.15, 0.2) is 6.61 Å². The van der Waals surface area contributed by atoms with Gasteiger partial charge >= 0.3 is 0 Å². The van der Waals surface area contributed by atoms with Crippen molar-refractivity contribution in [3.05, 3.63) is 65.1 Å². The third-order valence-electron chi connectivity index (χ3n) is 3.52. The van der Waals surface area contributed by atoms with Gasteiger partial charge < -0.3 is 14.8 Å². The number of carbonyl (C=O) groups excluding carboxylic acids is 1. The molecule has 5 heteroatoms. The number of hydrogen-bond donors (Lipinski definition) is 1. The van der Waals surface area contributed by atoms with E-state index in [2.05, 4.69) is 21.2 Å². The molecular formula is C19H16BrNO3. The molecule has 3 aromatic rings. The molecule has 0 spiro atoms. The van der Waals surface area contributed by atoms with Gasteiger partial charge in [-0.05, 0) is 47.2 Å². The first kappa shape index (κ1) is 16.3. The Balaban J connectivity index is 1.65. The summed E-state index contributed by atoms with van der Waals surface area (Å²) < 4.78 is 11.8. The van der Waals surface area contributed by atoms with Crippen molar-refractivity contribution in [3.8, 4) is 11.5 Å². The Kier molecular flexibility index (Phi) is 5.01. The van der Waals surface area contributed by atoms with Gasteiger partial charge in [-0.3, -0.25) is 4.79 Å². The second kappa shape index (κ2) is 7.36. The van der Waals surface area contributed by atoms with Crippen LogP contribution >= 0.6 is 15.9 Å². The first-order valence-electron chi connectivity index (χ1n) is 7.41. The number of carbonyl (C=O) groups is 1. The largest absolute Gasteiger partial charge is 0.495 e. The highest BCUT2D eigenvalue weighted by Crippen LogP contribution is 2.25. The predicted octanol–water partition coefficient (Wildman–Crippen LogP) is 4.63. The van der Waals surface area contributed by atoms with Crippen LogP contribution in [0.4, 0.5) is 5.69 Å². The van der Waals surface area contributed by atoms with Crippen LogP contribution in [0.25, 0.3) is 10.8 Å². The summed E-state index contributed by atoms with van der Waals surface area (Å²) in [7, 11) is 1.56. The van der Waals surface area contributed by atoms with Gasteiger partial charge in [0.25, 0.3) is 5.91 Å². The molecule has 3 rings (SSSR count). The molecule has 0 saturated carbocycles. The molecule has 0 unspecified atom stereocenters. The Hall–Kier alpha value is -2.53. The fourth-order valence-electron chi connectivity index (χ4n) is 2.37. The lowest BCUT2D eigenvalue weighted by Crippen LogP contribution is -2.20. The van der Waals surface area contributed by atoms with E-state index in [1.54, 1.807) is 19.2 Å². The van der Waals surface area contributed by atoms with E-state index in [1.165, 1.54) is 0 Å². The minimum Gasteiger partial charge on any atom is -0.495 e. The summed E-state index contributed by atoms with van der Waals surface area (Å²) >= 11 is 3.45. The number of halogens is 1. The summed E-state index contributed by atoms with van der Waals surface area (Å²) in [6.45, 7) is -0.0694. The van der Waals surface area contributed by atoms with Crippen molar-refractivity contribution in [2.75, 3.05) is 19.0 Å². The first-order chi connectivity index (χ1) is 11.7. The van der Waals surface area contributed by atoms with Crippen molar-refractivity contribution in [1.82, 2.24) is 0 Å². The molecule has 0 bridgehead atoms. The summed E-state index contributed by atoms with van der Waals surface area (Å²) in [4.78, 5) is 12.1. The molecule has 0 heterocycles. The number of hydrogen-bond acceptors (Lipinski definition) is 3. The van der Waals surface area contributed by atoms with Gasteiger partial charge in [-0.2, -0.15) is 0 Å². The number of methoxy groups -OCH3 is 1. The van der Waals surface area contributed by atoms with Crippen molar-refractivity contribution in [2.24, 2.45) is 0 Å². The van der Waals surface area contributed by atoms with Crippen LogP contribution < -0.4 is 14.8 Å². The molecular weight excluding hydrogens is 370 g/mol. The number of para-hydroxylation sites is 2. The van der Waals surface area contributed by atoms with Crippen molar-refractivity contribution >= 4 is 38.3 Å². The molecule has 24 heavy (non-hydrogen) atoms. The Morgan fingerprint density at radius 3 is 2.62 bits per heavy atom. The molecule has 0 atom stereocenters. The first-order valence-corrected chi connectivity index (χ1v) is 8.20. The average molecular weight is 386 g/mol. The summed E-state index contributed by atoms with van der Waals surface area (Å²) in [6, 6.07) is 19.0. The summed E-state index contributed by atoms with van der Waals surface area (Å²) in [5, 5.41) is 4.94. The highest BCUT2D eigenvalue weighted by molar-refractivity contribution is 9.10. The number of anilines is 1. The smallest absolute Gasteiger partial charge is 0.262 e. The summed E-state index contributed by atoms with van der Waals surface area (Å²) in [5.74, 6) is 1.03. The van der Waals surface area contributed by atoms with Gasteiger partial charge in [0.2, 0.25) is 0 Å². The third kappa shape index (κ3) is 3.86. The van der Waals surface area contributed by atoms with Gasteiger partial charge in [0.05, 0.1) is 12.8 Å². The highest BCUT2D eigenvalue weighted by Gasteiger charge is 2.08. The zero-order valence-electron chi connectivity index (χ0n) is 13.1. The third-order valence-corrected chi connectivity index (χ3v) is 4.02. The average Bonchev–Trinajstić information content (AvgIpc) is 2.60. The molecule has 4 nitrogen and oxygen atoms in total. The van der Waals surface area contributed by atoms with Gasteiger partial charge in [0.1, 0.15) is 11.5 Å². The zero-order valence-corrected chi connectivity index (χ0v) is 14.7. The summed E-state index contributed by atoms with van der Waals surface area (Å²) in [6.07, 6.45) is 0. The van der Waals surface area contributed by atoms with Crippen molar-refractivity contribution in [2.45, 2.75) is 0 Å². The number of nitrogens with one attached hydrogen (secondary N) is 1. The van der Waals surface area contributed by atoms with Crippen LogP contribution in [-0.2, 0) is 4.79 Å². The maximum absolute atomic E-state index is 12.1. The molecule has 0 fully saturated rings. The van der Waals surface area contributed by atoms with Gasteiger partial charge in [0, 0.05) is 4.47 Å². The lowest BCUT2D eigenvalue weighted by molar-refractivity contribution is -0.118. The molecule has 1 amide bonds. The lowest BCUT2D eigenvalue weighted by atomic mass is 10.1. The lowest BCUT2D eigenvalue weighted by Gasteiger charge is -2.11. The Morgan fingerprint density at radius 1 is 1.04 bits per heavy atom. The van der Waals surface area contributed by atoms with E-state index in [9.17, 15) is 4.79 Å². The normalized spacial score (nSPS) is 10.4. The number of ether oxygens (including phenoxy) is 2. The maximum atomic E-state index is 12.1. The topological polar surface area (TPSA) is 47.6 Å². The molecule has 0 saturated heterocycles. The van der Waals surface area contributed by atoms with Crippen molar-refractivity contribution < 1.29 is 14.3 Å². The van der Waals surface area contributed by atoms with Crippen LogP contribution in [0.1, 0.15) is 0 Å². The molecule has 0 aliphatic heterocycles. The number of amides is 1.